The fraction of sp³-hybridized carbons (Fsp3) is 0.111. The molecule has 2 heterocycles. The molecular weight excluding hydrogens is 354 g/mol. The van der Waals surface area contributed by atoms with E-state index in [1.54, 1.807) is 0 Å². The van der Waals surface area contributed by atoms with E-state index >= 15 is 0 Å². The van der Waals surface area contributed by atoms with Gasteiger partial charge in [0.2, 0.25) is 5.95 Å². The summed E-state index contributed by atoms with van der Waals surface area (Å²) in [5.41, 5.74) is 9.39. The van der Waals surface area contributed by atoms with Crippen LogP contribution in [0, 0.1) is 11.6 Å². The average molecular weight is 370 g/mol. The van der Waals surface area contributed by atoms with Gasteiger partial charge in [-0.25, -0.2) is 19.2 Å². The van der Waals surface area contributed by atoms with E-state index in [1.807, 2.05) is 18.2 Å². The quantitative estimate of drug-likeness (QED) is 0.545. The summed E-state index contributed by atoms with van der Waals surface area (Å²) in [6, 6.07) is 9.85. The zero-order chi connectivity index (χ0) is 18.8. The van der Waals surface area contributed by atoms with Crippen LogP contribution in [-0.2, 0) is 6.54 Å². The molecule has 0 spiro atoms. The van der Waals surface area contributed by atoms with Gasteiger partial charge in [0.15, 0.2) is 23.2 Å². The third-order valence-corrected chi connectivity index (χ3v) is 4.02. The van der Waals surface area contributed by atoms with Gasteiger partial charge in [-0.2, -0.15) is 4.98 Å². The number of nitrogens with zero attached hydrogens (tertiary/aromatic N) is 2. The molecule has 0 saturated heterocycles. The van der Waals surface area contributed by atoms with Gasteiger partial charge in [-0.15, -0.1) is 0 Å². The number of nitrogens with one attached hydrogen (secondary N) is 4. The van der Waals surface area contributed by atoms with Crippen molar-refractivity contribution in [3.8, 4) is 5.75 Å². The normalized spacial score (nSPS) is 12.3. The number of halogens is 2. The van der Waals surface area contributed by atoms with Gasteiger partial charge in [0.05, 0.1) is 19.0 Å². The van der Waals surface area contributed by atoms with Gasteiger partial charge in [-0.3, -0.25) is 0 Å². The predicted octanol–water partition coefficient (Wildman–Crippen LogP) is 3.68. The molecule has 0 fully saturated rings. The first-order valence-electron chi connectivity index (χ1n) is 8.14. The lowest BCUT2D eigenvalue weighted by atomic mass is 10.2. The average Bonchev–Trinajstić information content (AvgIpc) is 3.14. The largest absolute Gasteiger partial charge is 0.494 e. The van der Waals surface area contributed by atoms with Crippen LogP contribution in [0.3, 0.4) is 0 Å². The maximum Gasteiger partial charge on any atom is 0.229 e. The Hall–Kier alpha value is -3.46. The SMILES string of the molecule is COc1cc(Nc2nc(Nc3ccc4c(c3)CNN4)ncc2F)ccc1F. The molecule has 4 N–H and O–H groups in total. The van der Waals surface area contributed by atoms with Crippen LogP contribution < -0.4 is 26.2 Å². The maximum absolute atomic E-state index is 14.1. The molecule has 0 atom stereocenters. The highest BCUT2D eigenvalue weighted by molar-refractivity contribution is 5.65. The minimum absolute atomic E-state index is 0.0364. The van der Waals surface area contributed by atoms with Crippen LogP contribution >= 0.6 is 0 Å². The zero-order valence-electron chi connectivity index (χ0n) is 14.3. The van der Waals surface area contributed by atoms with Gasteiger partial charge in [-0.05, 0) is 35.9 Å². The van der Waals surface area contributed by atoms with Crippen molar-refractivity contribution in [2.75, 3.05) is 23.2 Å². The fourth-order valence-electron chi connectivity index (χ4n) is 2.69. The highest BCUT2D eigenvalue weighted by Crippen LogP contribution is 2.27. The smallest absolute Gasteiger partial charge is 0.229 e. The molecule has 7 nitrogen and oxygen atoms in total. The first-order chi connectivity index (χ1) is 13.1. The van der Waals surface area contributed by atoms with E-state index in [0.717, 1.165) is 23.1 Å². The van der Waals surface area contributed by atoms with Crippen molar-refractivity contribution < 1.29 is 13.5 Å². The number of hydrogen-bond acceptors (Lipinski definition) is 7. The number of hydrogen-bond donors (Lipinski definition) is 4. The standard InChI is InChI=1S/C18H16F2N6O/c1-27-16-7-12(2-4-13(16)19)23-17-14(20)9-21-18(25-17)24-11-3-5-15-10(6-11)8-22-26-15/h2-7,9,22,26H,8H2,1H3,(H2,21,23,24,25). The summed E-state index contributed by atoms with van der Waals surface area (Å²) < 4.78 is 32.5. The number of ether oxygens (including phenoxy) is 1. The Balaban J connectivity index is 1.56. The van der Waals surface area contributed by atoms with Crippen molar-refractivity contribution in [2.24, 2.45) is 0 Å². The third kappa shape index (κ3) is 3.58. The number of anilines is 5. The van der Waals surface area contributed by atoms with E-state index in [2.05, 4.69) is 31.5 Å². The maximum atomic E-state index is 14.1. The lowest BCUT2D eigenvalue weighted by Crippen LogP contribution is -2.10. The summed E-state index contributed by atoms with van der Waals surface area (Å²) >= 11 is 0. The van der Waals surface area contributed by atoms with Gasteiger partial charge in [0.25, 0.3) is 0 Å². The van der Waals surface area contributed by atoms with Crippen molar-refractivity contribution >= 4 is 28.8 Å². The van der Waals surface area contributed by atoms with E-state index in [-0.39, 0.29) is 17.5 Å². The Morgan fingerprint density at radius 1 is 1.04 bits per heavy atom. The molecule has 1 aromatic heterocycles. The van der Waals surface area contributed by atoms with Crippen molar-refractivity contribution in [2.45, 2.75) is 6.54 Å². The monoisotopic (exact) mass is 370 g/mol. The Kier molecular flexibility index (Phi) is 4.43. The van der Waals surface area contributed by atoms with Crippen molar-refractivity contribution in [3.63, 3.8) is 0 Å². The lowest BCUT2D eigenvalue weighted by molar-refractivity contribution is 0.387. The zero-order valence-corrected chi connectivity index (χ0v) is 14.3. The first kappa shape index (κ1) is 17.0. The van der Waals surface area contributed by atoms with Gasteiger partial charge < -0.3 is 20.8 Å². The second-order valence-corrected chi connectivity index (χ2v) is 5.84. The molecule has 2 aromatic carbocycles. The Morgan fingerprint density at radius 2 is 1.85 bits per heavy atom. The highest BCUT2D eigenvalue weighted by atomic mass is 19.1. The fourth-order valence-corrected chi connectivity index (χ4v) is 2.69. The van der Waals surface area contributed by atoms with Gasteiger partial charge in [0.1, 0.15) is 0 Å². The first-order valence-corrected chi connectivity index (χ1v) is 8.14. The van der Waals surface area contributed by atoms with Gasteiger partial charge in [-0.1, -0.05) is 0 Å². The van der Waals surface area contributed by atoms with Crippen molar-refractivity contribution in [1.82, 2.24) is 15.4 Å². The summed E-state index contributed by atoms with van der Waals surface area (Å²) in [5.74, 6) is -0.897. The number of aromatic nitrogens is 2. The number of fused-ring (bicyclic) bond motifs is 1. The molecule has 0 unspecified atom stereocenters. The van der Waals surface area contributed by atoms with E-state index < -0.39 is 11.6 Å². The summed E-state index contributed by atoms with van der Waals surface area (Å²) in [6.45, 7) is 0.703. The Morgan fingerprint density at radius 3 is 2.70 bits per heavy atom. The van der Waals surface area contributed by atoms with E-state index in [4.69, 9.17) is 4.74 Å². The summed E-state index contributed by atoms with van der Waals surface area (Å²) in [7, 11) is 1.36. The Bertz CT molecular complexity index is 998. The lowest BCUT2D eigenvalue weighted by Gasteiger charge is -2.11. The molecule has 4 rings (SSSR count). The van der Waals surface area contributed by atoms with Gasteiger partial charge in [0, 0.05) is 24.0 Å². The minimum Gasteiger partial charge on any atom is -0.494 e. The molecule has 9 heteroatoms. The molecule has 138 valence electrons. The third-order valence-electron chi connectivity index (χ3n) is 4.02. The highest BCUT2D eigenvalue weighted by Gasteiger charge is 2.12. The summed E-state index contributed by atoms with van der Waals surface area (Å²) in [6.07, 6.45) is 1.06. The van der Waals surface area contributed by atoms with Crippen molar-refractivity contribution in [1.29, 1.82) is 0 Å². The molecule has 0 radical (unpaired) electrons. The number of rotatable bonds is 5. The second-order valence-electron chi connectivity index (χ2n) is 5.84. The molecule has 0 amide bonds. The Labute approximate surface area is 153 Å². The predicted molar refractivity (Wildman–Crippen MR) is 98.4 cm³/mol. The molecule has 0 bridgehead atoms. The topological polar surface area (TPSA) is 83.1 Å². The second kappa shape index (κ2) is 7.04. The van der Waals surface area contributed by atoms with Crippen LogP contribution in [0.25, 0.3) is 0 Å². The molecule has 1 aliphatic heterocycles. The van der Waals surface area contributed by atoms with Crippen molar-refractivity contribution in [3.05, 3.63) is 59.8 Å². The molecule has 1 aliphatic rings. The molecule has 0 saturated carbocycles. The van der Waals surface area contributed by atoms with Crippen LogP contribution in [0.15, 0.2) is 42.6 Å². The van der Waals surface area contributed by atoms with E-state index in [1.165, 1.54) is 25.3 Å². The van der Waals surface area contributed by atoms with Crippen LogP contribution in [0.2, 0.25) is 0 Å². The molecular formula is C18H16F2N6O. The van der Waals surface area contributed by atoms with Crippen LogP contribution in [-0.4, -0.2) is 17.1 Å². The number of benzene rings is 2. The van der Waals surface area contributed by atoms with Gasteiger partial charge >= 0.3 is 0 Å². The van der Waals surface area contributed by atoms with E-state index in [9.17, 15) is 8.78 Å². The number of hydrazine groups is 1. The number of methoxy groups -OCH3 is 1. The molecule has 3 aromatic rings. The minimum atomic E-state index is -0.633. The van der Waals surface area contributed by atoms with Crippen LogP contribution in [0.1, 0.15) is 5.56 Å². The summed E-state index contributed by atoms with van der Waals surface area (Å²) in [4.78, 5) is 8.12. The molecule has 0 aliphatic carbocycles. The van der Waals surface area contributed by atoms with E-state index in [0.29, 0.717) is 12.2 Å². The molecule has 27 heavy (non-hydrogen) atoms. The van der Waals surface area contributed by atoms with Crippen LogP contribution in [0.4, 0.5) is 37.6 Å². The summed E-state index contributed by atoms with van der Waals surface area (Å²) in [5, 5.41) is 5.86. The van der Waals surface area contributed by atoms with Crippen LogP contribution in [0.5, 0.6) is 5.75 Å².